The predicted octanol–water partition coefficient (Wildman–Crippen LogP) is 7.40. The number of amides is 2. The number of carbonyl (C=O) groups is 2. The fourth-order valence-corrected chi connectivity index (χ4v) is 6.65. The molecule has 4 aromatic carbocycles. The highest BCUT2D eigenvalue weighted by Crippen LogP contribution is 2.28. The Hall–Kier alpha value is -3.56. The van der Waals surface area contributed by atoms with Crippen molar-refractivity contribution in [1.29, 1.82) is 0 Å². The van der Waals surface area contributed by atoms with Crippen LogP contribution in [-0.2, 0) is 32.6 Å². The summed E-state index contributed by atoms with van der Waals surface area (Å²) in [4.78, 5) is 29.7. The molecular formula is C34H34Cl3N3O4S. The Morgan fingerprint density at radius 2 is 1.40 bits per heavy atom. The number of nitrogens with one attached hydrogen (secondary N) is 1. The van der Waals surface area contributed by atoms with E-state index < -0.39 is 28.5 Å². The number of rotatable bonds is 13. The van der Waals surface area contributed by atoms with Gasteiger partial charge in [-0.05, 0) is 79.1 Å². The second-order valence-corrected chi connectivity index (χ2v) is 13.8. The average Bonchev–Trinajstić information content (AvgIpc) is 3.02. The van der Waals surface area contributed by atoms with E-state index in [2.05, 4.69) is 5.32 Å². The lowest BCUT2D eigenvalue weighted by molar-refractivity contribution is -0.140. The molecule has 7 nitrogen and oxygen atoms in total. The summed E-state index contributed by atoms with van der Waals surface area (Å²) in [6.07, 6.45) is 0.893. The predicted molar refractivity (Wildman–Crippen MR) is 181 cm³/mol. The van der Waals surface area contributed by atoms with Crippen LogP contribution in [0.3, 0.4) is 0 Å². The molecule has 0 spiro atoms. The van der Waals surface area contributed by atoms with Gasteiger partial charge < -0.3 is 10.2 Å². The zero-order valence-electron chi connectivity index (χ0n) is 24.9. The summed E-state index contributed by atoms with van der Waals surface area (Å²) in [6.45, 7) is 3.25. The molecule has 45 heavy (non-hydrogen) atoms. The molecule has 4 rings (SSSR count). The van der Waals surface area contributed by atoms with Crippen molar-refractivity contribution in [2.24, 2.45) is 0 Å². The van der Waals surface area contributed by atoms with Crippen LogP contribution in [0.4, 0.5) is 5.69 Å². The van der Waals surface area contributed by atoms with Crippen molar-refractivity contribution in [3.8, 4) is 0 Å². The van der Waals surface area contributed by atoms with Crippen LogP contribution >= 0.6 is 34.8 Å². The molecule has 0 bridgehead atoms. The topological polar surface area (TPSA) is 86.8 Å². The molecule has 0 saturated carbocycles. The van der Waals surface area contributed by atoms with E-state index in [0.29, 0.717) is 27.1 Å². The average molecular weight is 687 g/mol. The van der Waals surface area contributed by atoms with Crippen molar-refractivity contribution in [3.05, 3.63) is 129 Å². The van der Waals surface area contributed by atoms with Gasteiger partial charge in [0.1, 0.15) is 12.6 Å². The number of nitrogens with zero attached hydrogens (tertiary/aromatic N) is 2. The number of carbonyl (C=O) groups excluding carboxylic acids is 2. The monoisotopic (exact) mass is 685 g/mol. The maximum atomic E-state index is 14.5. The Morgan fingerprint density at radius 1 is 0.778 bits per heavy atom. The molecule has 11 heteroatoms. The maximum absolute atomic E-state index is 14.5. The molecule has 1 N–H and O–H groups in total. The van der Waals surface area contributed by atoms with Gasteiger partial charge in [0.05, 0.1) is 10.6 Å². The normalized spacial score (nSPS) is 12.6. The third-order valence-corrected chi connectivity index (χ3v) is 9.80. The van der Waals surface area contributed by atoms with Gasteiger partial charge in [0.25, 0.3) is 10.0 Å². The Balaban J connectivity index is 1.81. The highest BCUT2D eigenvalue weighted by Gasteiger charge is 2.35. The van der Waals surface area contributed by atoms with E-state index in [4.69, 9.17) is 34.8 Å². The molecule has 2 amide bonds. The number of halogens is 3. The minimum absolute atomic E-state index is 0.00912. The summed E-state index contributed by atoms with van der Waals surface area (Å²) in [6, 6.07) is 27.2. The molecule has 0 aliphatic carbocycles. The highest BCUT2D eigenvalue weighted by atomic mass is 35.5. The lowest BCUT2D eigenvalue weighted by atomic mass is 10.0. The molecule has 0 radical (unpaired) electrons. The van der Waals surface area contributed by atoms with Gasteiger partial charge >= 0.3 is 0 Å². The van der Waals surface area contributed by atoms with E-state index >= 15 is 0 Å². The van der Waals surface area contributed by atoms with Crippen LogP contribution in [0.5, 0.6) is 0 Å². The summed E-state index contributed by atoms with van der Waals surface area (Å²) in [7, 11) is -4.28. The molecule has 4 aromatic rings. The van der Waals surface area contributed by atoms with E-state index in [9.17, 15) is 18.0 Å². The van der Waals surface area contributed by atoms with Crippen molar-refractivity contribution >= 4 is 62.3 Å². The first-order valence-electron chi connectivity index (χ1n) is 14.4. The zero-order valence-corrected chi connectivity index (χ0v) is 28.0. The van der Waals surface area contributed by atoms with Gasteiger partial charge in [-0.15, -0.1) is 0 Å². The molecule has 2 atom stereocenters. The Bertz CT molecular complexity index is 1720. The fraction of sp³-hybridized carbons (Fsp3) is 0.235. The number of sulfonamides is 1. The van der Waals surface area contributed by atoms with Gasteiger partial charge in [-0.1, -0.05) is 90.3 Å². The van der Waals surface area contributed by atoms with Crippen molar-refractivity contribution < 1.29 is 18.0 Å². The number of benzene rings is 4. The van der Waals surface area contributed by atoms with Gasteiger partial charge in [-0.3, -0.25) is 13.9 Å². The van der Waals surface area contributed by atoms with Crippen molar-refractivity contribution in [2.75, 3.05) is 10.8 Å². The van der Waals surface area contributed by atoms with E-state index in [-0.39, 0.29) is 35.5 Å². The smallest absolute Gasteiger partial charge is 0.264 e. The molecule has 0 aromatic heterocycles. The Labute approximate surface area is 279 Å². The van der Waals surface area contributed by atoms with Crippen LogP contribution < -0.4 is 9.62 Å². The molecular weight excluding hydrogens is 653 g/mol. The Morgan fingerprint density at radius 3 is 2.02 bits per heavy atom. The van der Waals surface area contributed by atoms with Crippen LogP contribution in [-0.4, -0.2) is 43.8 Å². The Kier molecular flexibility index (Phi) is 11.9. The van der Waals surface area contributed by atoms with Crippen molar-refractivity contribution in [2.45, 2.75) is 50.2 Å². The summed E-state index contributed by atoms with van der Waals surface area (Å²) in [5.41, 5.74) is 1.71. The molecule has 0 fully saturated rings. The minimum atomic E-state index is -4.28. The molecule has 0 heterocycles. The maximum Gasteiger partial charge on any atom is 0.264 e. The van der Waals surface area contributed by atoms with Gasteiger partial charge in [0.2, 0.25) is 11.8 Å². The quantitative estimate of drug-likeness (QED) is 0.159. The van der Waals surface area contributed by atoms with E-state index in [0.717, 1.165) is 9.87 Å². The van der Waals surface area contributed by atoms with Crippen LogP contribution in [0.1, 0.15) is 31.4 Å². The lowest BCUT2D eigenvalue weighted by Crippen LogP contribution is -2.54. The SMILES string of the molecule is CC[C@@H](C)NC(=O)[C@@H](Cc1ccccc1)N(Cc1cccc(Cl)c1)C(=O)CN(c1cccc(Cl)c1)S(=O)(=O)c1ccc(Cl)cc1. The summed E-state index contributed by atoms with van der Waals surface area (Å²) < 4.78 is 29.1. The van der Waals surface area contributed by atoms with Gasteiger partial charge in [-0.2, -0.15) is 0 Å². The van der Waals surface area contributed by atoms with Crippen LogP contribution in [0, 0.1) is 0 Å². The highest BCUT2D eigenvalue weighted by molar-refractivity contribution is 7.92. The molecule has 0 unspecified atom stereocenters. The lowest BCUT2D eigenvalue weighted by Gasteiger charge is -2.34. The second kappa shape index (κ2) is 15.6. The molecule has 236 valence electrons. The summed E-state index contributed by atoms with van der Waals surface area (Å²) >= 11 is 18.6. The molecule has 0 aliphatic heterocycles. The molecule has 0 aliphatic rings. The molecule has 0 saturated heterocycles. The van der Waals surface area contributed by atoms with Crippen LogP contribution in [0.15, 0.2) is 108 Å². The van der Waals surface area contributed by atoms with Crippen LogP contribution in [0.25, 0.3) is 0 Å². The van der Waals surface area contributed by atoms with Crippen LogP contribution in [0.2, 0.25) is 15.1 Å². The first-order chi connectivity index (χ1) is 21.5. The zero-order chi connectivity index (χ0) is 32.6. The van der Waals surface area contributed by atoms with E-state index in [1.165, 1.54) is 35.2 Å². The van der Waals surface area contributed by atoms with E-state index in [1.807, 2.05) is 44.2 Å². The van der Waals surface area contributed by atoms with Gasteiger partial charge in [-0.25, -0.2) is 8.42 Å². The van der Waals surface area contributed by atoms with Gasteiger partial charge in [0, 0.05) is 34.1 Å². The second-order valence-electron chi connectivity index (χ2n) is 10.6. The number of hydrogen-bond acceptors (Lipinski definition) is 4. The number of hydrogen-bond donors (Lipinski definition) is 1. The first kappa shape index (κ1) is 34.3. The van der Waals surface area contributed by atoms with Gasteiger partial charge in [0.15, 0.2) is 0 Å². The first-order valence-corrected chi connectivity index (χ1v) is 17.0. The van der Waals surface area contributed by atoms with Crippen molar-refractivity contribution in [1.82, 2.24) is 10.2 Å². The third-order valence-electron chi connectivity index (χ3n) is 7.29. The van der Waals surface area contributed by atoms with E-state index in [1.54, 1.807) is 42.5 Å². The standard InChI is InChI=1S/C34H34Cl3N3O4S/c1-3-24(2)38-34(42)32(20-25-9-5-4-6-10-25)39(22-26-11-7-12-28(36)19-26)33(41)23-40(30-14-8-13-29(37)21-30)45(43,44)31-17-15-27(35)16-18-31/h4-19,21,24,32H,3,20,22-23H2,1-2H3,(H,38,42)/t24-,32-/m1/s1. The summed E-state index contributed by atoms with van der Waals surface area (Å²) in [5, 5.41) is 4.14. The summed E-state index contributed by atoms with van der Waals surface area (Å²) in [5.74, 6) is -0.939. The van der Waals surface area contributed by atoms with Crippen molar-refractivity contribution in [3.63, 3.8) is 0 Å². The fourth-order valence-electron chi connectivity index (χ4n) is 4.72. The largest absolute Gasteiger partial charge is 0.352 e. The number of anilines is 1. The minimum Gasteiger partial charge on any atom is -0.352 e. The third kappa shape index (κ3) is 9.23.